The fourth-order valence-electron chi connectivity index (χ4n) is 2.44. The topological polar surface area (TPSA) is 17.1 Å². The maximum atomic E-state index is 11.9. The highest BCUT2D eigenvalue weighted by atomic mass is 16.1. The largest absolute Gasteiger partial charge is 0.299 e. The van der Waals surface area contributed by atoms with E-state index in [9.17, 15) is 4.79 Å². The molecule has 1 rings (SSSR count). The highest BCUT2D eigenvalue weighted by Crippen LogP contribution is 2.43. The van der Waals surface area contributed by atoms with Gasteiger partial charge in [0.05, 0.1) is 0 Å². The van der Waals surface area contributed by atoms with Gasteiger partial charge in [0.25, 0.3) is 0 Å². The highest BCUT2D eigenvalue weighted by molar-refractivity contribution is 5.86. The van der Waals surface area contributed by atoms with Crippen LogP contribution in [0.3, 0.4) is 0 Å². The number of carbonyl (C=O) groups is 1. The molecule has 1 aliphatic carbocycles. The third-order valence-corrected chi connectivity index (χ3v) is 3.28. The molecular formula is C11H20O. The summed E-state index contributed by atoms with van der Waals surface area (Å²) in [7, 11) is 0. The second-order valence-corrected chi connectivity index (χ2v) is 4.36. The van der Waals surface area contributed by atoms with E-state index in [-0.39, 0.29) is 11.3 Å². The first-order valence-corrected chi connectivity index (χ1v) is 5.17. The summed E-state index contributed by atoms with van der Waals surface area (Å²) in [4.78, 5) is 11.9. The minimum absolute atomic E-state index is 0.0775. The van der Waals surface area contributed by atoms with Gasteiger partial charge >= 0.3 is 0 Å². The fraction of sp³-hybridized carbons (Fsp3) is 0.909. The molecule has 0 unspecified atom stereocenters. The number of carbonyl (C=O) groups excluding carboxylic acids is 1. The second kappa shape index (κ2) is 3.59. The molecular weight excluding hydrogens is 148 g/mol. The van der Waals surface area contributed by atoms with Gasteiger partial charge in [0.2, 0.25) is 0 Å². The molecule has 0 spiro atoms. The molecule has 0 aliphatic heterocycles. The van der Waals surface area contributed by atoms with E-state index in [1.165, 1.54) is 12.8 Å². The third kappa shape index (κ3) is 1.55. The van der Waals surface area contributed by atoms with E-state index < -0.39 is 0 Å². The molecule has 1 saturated carbocycles. The van der Waals surface area contributed by atoms with Gasteiger partial charge in [-0.1, -0.05) is 33.6 Å². The van der Waals surface area contributed by atoms with Gasteiger partial charge < -0.3 is 0 Å². The van der Waals surface area contributed by atoms with Crippen LogP contribution >= 0.6 is 0 Å². The summed E-state index contributed by atoms with van der Waals surface area (Å²) in [6.45, 7) is 6.21. The lowest BCUT2D eigenvalue weighted by atomic mass is 9.75. The molecule has 12 heavy (non-hydrogen) atoms. The Morgan fingerprint density at radius 3 is 2.17 bits per heavy atom. The molecule has 1 heteroatoms. The van der Waals surface area contributed by atoms with Crippen molar-refractivity contribution < 1.29 is 4.79 Å². The van der Waals surface area contributed by atoms with Gasteiger partial charge in [-0.3, -0.25) is 4.79 Å². The van der Waals surface area contributed by atoms with Crippen molar-refractivity contribution in [2.75, 3.05) is 0 Å². The van der Waals surface area contributed by atoms with Crippen molar-refractivity contribution in [2.45, 2.75) is 52.9 Å². The molecule has 0 aromatic rings. The van der Waals surface area contributed by atoms with Crippen LogP contribution in [-0.2, 0) is 4.79 Å². The van der Waals surface area contributed by atoms with E-state index in [1.807, 2.05) is 13.8 Å². The Kier molecular flexibility index (Phi) is 2.92. The molecule has 70 valence electrons. The van der Waals surface area contributed by atoms with Crippen LogP contribution in [0.2, 0.25) is 0 Å². The van der Waals surface area contributed by atoms with Crippen molar-refractivity contribution in [3.05, 3.63) is 0 Å². The first-order chi connectivity index (χ1) is 5.62. The summed E-state index contributed by atoms with van der Waals surface area (Å²) in [5.74, 6) is 0.727. The molecule has 0 aromatic heterocycles. The third-order valence-electron chi connectivity index (χ3n) is 3.28. The number of ketones is 1. The summed E-state index contributed by atoms with van der Waals surface area (Å²) < 4.78 is 0. The van der Waals surface area contributed by atoms with Crippen LogP contribution < -0.4 is 0 Å². The zero-order valence-electron chi connectivity index (χ0n) is 8.52. The standard InChI is InChI=1S/C11H20O/c1-4-11(7-5-6-8-11)10(12)9(2)3/h9H,4-8H2,1-3H3. The molecule has 0 radical (unpaired) electrons. The van der Waals surface area contributed by atoms with Crippen LogP contribution in [0.1, 0.15) is 52.9 Å². The summed E-state index contributed by atoms with van der Waals surface area (Å²) in [6.07, 6.45) is 5.84. The predicted molar refractivity (Wildman–Crippen MR) is 51.0 cm³/mol. The van der Waals surface area contributed by atoms with Gasteiger partial charge in [-0.15, -0.1) is 0 Å². The van der Waals surface area contributed by atoms with Crippen LogP contribution in [0, 0.1) is 11.3 Å². The van der Waals surface area contributed by atoms with E-state index in [1.54, 1.807) is 0 Å². The summed E-state index contributed by atoms with van der Waals surface area (Å²) in [5, 5.41) is 0. The van der Waals surface area contributed by atoms with Crippen LogP contribution in [0.15, 0.2) is 0 Å². The van der Waals surface area contributed by atoms with E-state index in [2.05, 4.69) is 6.92 Å². The first kappa shape index (κ1) is 9.76. The monoisotopic (exact) mass is 168 g/mol. The van der Waals surface area contributed by atoms with E-state index >= 15 is 0 Å². The minimum atomic E-state index is 0.0775. The number of Topliss-reactive ketones (excluding diaryl/α,β-unsaturated/α-hetero) is 1. The summed E-state index contributed by atoms with van der Waals surface area (Å²) >= 11 is 0. The zero-order chi connectivity index (χ0) is 9.19. The van der Waals surface area contributed by atoms with E-state index in [0.717, 1.165) is 19.3 Å². The zero-order valence-corrected chi connectivity index (χ0v) is 8.52. The normalized spacial score (nSPS) is 21.7. The summed E-state index contributed by atoms with van der Waals surface area (Å²) in [6, 6.07) is 0. The van der Waals surface area contributed by atoms with Crippen LogP contribution in [-0.4, -0.2) is 5.78 Å². The summed E-state index contributed by atoms with van der Waals surface area (Å²) in [5.41, 5.74) is 0.0775. The van der Waals surface area contributed by atoms with Crippen molar-refractivity contribution in [1.29, 1.82) is 0 Å². The molecule has 0 aromatic carbocycles. The van der Waals surface area contributed by atoms with Crippen LogP contribution in [0.25, 0.3) is 0 Å². The molecule has 0 amide bonds. The highest BCUT2D eigenvalue weighted by Gasteiger charge is 2.39. The maximum Gasteiger partial charge on any atom is 0.141 e. The average molecular weight is 168 g/mol. The Balaban J connectivity index is 2.72. The van der Waals surface area contributed by atoms with Crippen LogP contribution in [0.5, 0.6) is 0 Å². The number of hydrogen-bond donors (Lipinski definition) is 0. The predicted octanol–water partition coefficient (Wildman–Crippen LogP) is 3.18. The molecule has 0 saturated heterocycles. The van der Waals surface area contributed by atoms with Crippen molar-refractivity contribution >= 4 is 5.78 Å². The maximum absolute atomic E-state index is 11.9. The Labute approximate surface area is 75.5 Å². The van der Waals surface area contributed by atoms with E-state index in [4.69, 9.17) is 0 Å². The Morgan fingerprint density at radius 1 is 1.33 bits per heavy atom. The molecule has 0 heterocycles. The molecule has 1 aliphatic rings. The smallest absolute Gasteiger partial charge is 0.141 e. The quantitative estimate of drug-likeness (QED) is 0.632. The van der Waals surface area contributed by atoms with Gasteiger partial charge in [-0.25, -0.2) is 0 Å². The minimum Gasteiger partial charge on any atom is -0.299 e. The van der Waals surface area contributed by atoms with Gasteiger partial charge in [0, 0.05) is 11.3 Å². The van der Waals surface area contributed by atoms with Crippen LogP contribution in [0.4, 0.5) is 0 Å². The lowest BCUT2D eigenvalue weighted by molar-refractivity contribution is -0.131. The van der Waals surface area contributed by atoms with Gasteiger partial charge in [-0.2, -0.15) is 0 Å². The van der Waals surface area contributed by atoms with Gasteiger partial charge in [0.1, 0.15) is 5.78 Å². The lowest BCUT2D eigenvalue weighted by Crippen LogP contribution is -2.30. The molecule has 0 atom stereocenters. The van der Waals surface area contributed by atoms with E-state index in [0.29, 0.717) is 5.78 Å². The Morgan fingerprint density at radius 2 is 1.83 bits per heavy atom. The Hall–Kier alpha value is -0.330. The second-order valence-electron chi connectivity index (χ2n) is 4.36. The fourth-order valence-corrected chi connectivity index (χ4v) is 2.44. The molecule has 0 N–H and O–H groups in total. The average Bonchev–Trinajstić information content (AvgIpc) is 2.52. The van der Waals surface area contributed by atoms with Crippen molar-refractivity contribution in [3.8, 4) is 0 Å². The van der Waals surface area contributed by atoms with Crippen molar-refractivity contribution in [3.63, 3.8) is 0 Å². The lowest BCUT2D eigenvalue weighted by Gasteiger charge is -2.27. The number of hydrogen-bond acceptors (Lipinski definition) is 1. The van der Waals surface area contributed by atoms with Crippen molar-refractivity contribution in [2.24, 2.45) is 11.3 Å². The van der Waals surface area contributed by atoms with Gasteiger partial charge in [0.15, 0.2) is 0 Å². The number of rotatable bonds is 3. The van der Waals surface area contributed by atoms with Crippen molar-refractivity contribution in [1.82, 2.24) is 0 Å². The molecule has 1 nitrogen and oxygen atoms in total. The SMILES string of the molecule is CCC1(C(=O)C(C)C)CCCC1. The first-order valence-electron chi connectivity index (χ1n) is 5.17. The molecule has 0 bridgehead atoms. The molecule has 1 fully saturated rings. The Bertz CT molecular complexity index is 164. The van der Waals surface area contributed by atoms with Gasteiger partial charge in [-0.05, 0) is 19.3 Å².